The molecule has 2 N–H and O–H groups in total. The zero-order valence-electron chi connectivity index (χ0n) is 13.6. The first-order valence-electron chi connectivity index (χ1n) is 7.79. The van der Waals surface area contributed by atoms with Crippen LogP contribution in [0.15, 0.2) is 18.3 Å². The number of ether oxygens (including phenoxy) is 1. The van der Waals surface area contributed by atoms with E-state index in [-0.39, 0.29) is 6.10 Å². The van der Waals surface area contributed by atoms with E-state index < -0.39 is 23.7 Å². The van der Waals surface area contributed by atoms with Crippen LogP contribution in [0.25, 0.3) is 0 Å². The summed E-state index contributed by atoms with van der Waals surface area (Å²) in [5, 5.41) is 11.6. The van der Waals surface area contributed by atoms with E-state index in [2.05, 4.69) is 10.3 Å². The highest BCUT2D eigenvalue weighted by molar-refractivity contribution is 5.85. The van der Waals surface area contributed by atoms with Crippen molar-refractivity contribution in [2.45, 2.75) is 63.5 Å². The molecule has 8 heteroatoms. The van der Waals surface area contributed by atoms with Gasteiger partial charge in [-0.05, 0) is 51.7 Å². The Hall–Kier alpha value is -1.83. The second-order valence-corrected chi connectivity index (χ2v) is 6.22. The molecular weight excluding hydrogens is 325 g/mol. The molecule has 0 spiro atoms. The van der Waals surface area contributed by atoms with Crippen LogP contribution >= 0.6 is 0 Å². The van der Waals surface area contributed by atoms with E-state index in [0.717, 1.165) is 5.69 Å². The Morgan fingerprint density at radius 3 is 2.50 bits per heavy atom. The van der Waals surface area contributed by atoms with Crippen LogP contribution in [-0.2, 0) is 4.79 Å². The predicted molar refractivity (Wildman–Crippen MR) is 80.5 cm³/mol. The first-order chi connectivity index (χ1) is 11.1. The summed E-state index contributed by atoms with van der Waals surface area (Å²) in [5.74, 6) is -0.729. The van der Waals surface area contributed by atoms with Gasteiger partial charge < -0.3 is 15.2 Å². The Kier molecular flexibility index (Phi) is 5.37. The third-order valence-corrected chi connectivity index (χ3v) is 4.26. The summed E-state index contributed by atoms with van der Waals surface area (Å²) < 4.78 is 43.8. The van der Waals surface area contributed by atoms with E-state index in [1.807, 2.05) is 13.0 Å². The van der Waals surface area contributed by atoms with Crippen LogP contribution in [0.1, 0.15) is 38.3 Å². The topological polar surface area (TPSA) is 71.5 Å². The molecule has 1 aromatic heterocycles. The number of hydrogen-bond donors (Lipinski definition) is 2. The number of hydrogen-bond acceptors (Lipinski definition) is 4. The van der Waals surface area contributed by atoms with Gasteiger partial charge in [0.05, 0.1) is 11.8 Å². The molecule has 1 fully saturated rings. The summed E-state index contributed by atoms with van der Waals surface area (Å²) in [5.41, 5.74) is -2.61. The number of aryl methyl sites for hydroxylation is 1. The molecule has 1 atom stereocenters. The number of carbonyl (C=O) groups is 1. The zero-order chi connectivity index (χ0) is 18.0. The molecule has 134 valence electrons. The van der Waals surface area contributed by atoms with Gasteiger partial charge in [-0.3, -0.25) is 9.78 Å². The average Bonchev–Trinajstić information content (AvgIpc) is 2.50. The molecule has 0 radical (unpaired) electrons. The van der Waals surface area contributed by atoms with Gasteiger partial charge in [0, 0.05) is 12.2 Å². The Balaban J connectivity index is 1.85. The van der Waals surface area contributed by atoms with Gasteiger partial charge in [-0.15, -0.1) is 0 Å². The molecule has 1 aliphatic rings. The van der Waals surface area contributed by atoms with E-state index in [9.17, 15) is 23.1 Å². The number of pyridine rings is 1. The maximum atomic E-state index is 12.6. The number of amides is 1. The van der Waals surface area contributed by atoms with Crippen LogP contribution in [0.5, 0.6) is 5.75 Å². The molecule has 1 unspecified atom stereocenters. The van der Waals surface area contributed by atoms with Crippen LogP contribution in [0.2, 0.25) is 0 Å². The lowest BCUT2D eigenvalue weighted by molar-refractivity contribution is -0.245. The molecule has 0 saturated heterocycles. The highest BCUT2D eigenvalue weighted by Gasteiger charge is 2.56. The van der Waals surface area contributed by atoms with E-state index in [4.69, 9.17) is 4.74 Å². The lowest BCUT2D eigenvalue weighted by Gasteiger charge is -2.32. The molecule has 0 aliphatic heterocycles. The average molecular weight is 346 g/mol. The number of nitrogens with zero attached hydrogens (tertiary/aromatic N) is 1. The minimum atomic E-state index is -5.00. The summed E-state index contributed by atoms with van der Waals surface area (Å²) in [6, 6.07) is 3.19. The van der Waals surface area contributed by atoms with Crippen LogP contribution in [0, 0.1) is 6.92 Å². The largest absolute Gasteiger partial charge is 0.489 e. The summed E-state index contributed by atoms with van der Waals surface area (Å²) in [4.78, 5) is 15.8. The van der Waals surface area contributed by atoms with Gasteiger partial charge in [0.1, 0.15) is 5.75 Å². The number of rotatable bonds is 4. The normalized spacial score (nSPS) is 24.1. The van der Waals surface area contributed by atoms with Crippen molar-refractivity contribution >= 4 is 5.91 Å². The summed E-state index contributed by atoms with van der Waals surface area (Å²) in [6.45, 7) is 2.29. The maximum absolute atomic E-state index is 12.6. The van der Waals surface area contributed by atoms with Crippen molar-refractivity contribution in [3.8, 4) is 5.75 Å². The Bertz CT molecular complexity index is 582. The van der Waals surface area contributed by atoms with E-state index in [1.54, 1.807) is 12.3 Å². The monoisotopic (exact) mass is 346 g/mol. The first kappa shape index (κ1) is 18.5. The minimum Gasteiger partial charge on any atom is -0.489 e. The molecule has 1 aliphatic carbocycles. The van der Waals surface area contributed by atoms with Gasteiger partial charge in [-0.1, -0.05) is 0 Å². The molecule has 5 nitrogen and oxygen atoms in total. The molecular formula is C16H21F3N2O3. The number of nitrogens with one attached hydrogen (secondary N) is 1. The number of aromatic nitrogens is 1. The van der Waals surface area contributed by atoms with Crippen molar-refractivity contribution in [2.24, 2.45) is 0 Å². The fraction of sp³-hybridized carbons (Fsp3) is 0.625. The lowest BCUT2D eigenvalue weighted by Crippen LogP contribution is -2.57. The van der Waals surface area contributed by atoms with Crippen molar-refractivity contribution in [2.75, 3.05) is 0 Å². The second kappa shape index (κ2) is 6.96. The molecule has 1 aromatic rings. The number of aliphatic hydroxyl groups is 1. The highest BCUT2D eigenvalue weighted by atomic mass is 19.4. The minimum absolute atomic E-state index is 0.0656. The Morgan fingerprint density at radius 2 is 1.96 bits per heavy atom. The van der Waals surface area contributed by atoms with E-state index >= 15 is 0 Å². The van der Waals surface area contributed by atoms with E-state index in [1.165, 1.54) is 0 Å². The zero-order valence-corrected chi connectivity index (χ0v) is 13.6. The van der Waals surface area contributed by atoms with Crippen LogP contribution < -0.4 is 10.1 Å². The SMILES string of the molecule is Cc1ncccc1OC1CCC(NC(=O)C(C)(O)C(F)(F)F)CC1. The number of carbonyl (C=O) groups excluding carboxylic acids is 1. The number of halogens is 3. The van der Waals surface area contributed by atoms with Crippen molar-refractivity contribution in [1.29, 1.82) is 0 Å². The highest BCUT2D eigenvalue weighted by Crippen LogP contribution is 2.31. The van der Waals surface area contributed by atoms with Crippen LogP contribution in [0.3, 0.4) is 0 Å². The molecule has 0 bridgehead atoms. The Labute approximate surface area is 138 Å². The first-order valence-corrected chi connectivity index (χ1v) is 7.79. The summed E-state index contributed by atoms with van der Waals surface area (Å²) in [7, 11) is 0. The third kappa shape index (κ3) is 4.17. The van der Waals surface area contributed by atoms with Gasteiger partial charge >= 0.3 is 6.18 Å². The molecule has 1 heterocycles. The molecule has 24 heavy (non-hydrogen) atoms. The van der Waals surface area contributed by atoms with Gasteiger partial charge in [0.25, 0.3) is 5.91 Å². The molecule has 1 amide bonds. The van der Waals surface area contributed by atoms with Crippen molar-refractivity contribution in [3.63, 3.8) is 0 Å². The maximum Gasteiger partial charge on any atom is 0.426 e. The predicted octanol–water partition coefficient (Wildman–Crippen LogP) is 2.51. The summed E-state index contributed by atoms with van der Waals surface area (Å²) in [6.07, 6.45) is -1.21. The van der Waals surface area contributed by atoms with Gasteiger partial charge in [0.2, 0.25) is 5.60 Å². The van der Waals surface area contributed by atoms with E-state index in [0.29, 0.717) is 38.4 Å². The van der Waals surface area contributed by atoms with Crippen LogP contribution in [0.4, 0.5) is 13.2 Å². The quantitative estimate of drug-likeness (QED) is 0.879. The van der Waals surface area contributed by atoms with Crippen molar-refractivity contribution < 1.29 is 27.8 Å². The molecule has 0 aromatic carbocycles. The third-order valence-electron chi connectivity index (χ3n) is 4.26. The van der Waals surface area contributed by atoms with Gasteiger partial charge in [-0.2, -0.15) is 13.2 Å². The molecule has 2 rings (SSSR count). The van der Waals surface area contributed by atoms with Crippen LogP contribution in [-0.4, -0.2) is 39.9 Å². The standard InChI is InChI=1S/C16H21F3N2O3/c1-10-13(4-3-9-20-10)24-12-7-5-11(6-8-12)21-14(22)15(2,23)16(17,18)19/h3-4,9,11-12,23H,5-8H2,1-2H3,(H,21,22). The summed E-state index contributed by atoms with van der Waals surface area (Å²) >= 11 is 0. The van der Waals surface area contributed by atoms with Crippen molar-refractivity contribution in [3.05, 3.63) is 24.0 Å². The molecule has 1 saturated carbocycles. The van der Waals surface area contributed by atoms with Gasteiger partial charge in [-0.25, -0.2) is 0 Å². The lowest BCUT2D eigenvalue weighted by atomic mass is 9.92. The Morgan fingerprint density at radius 1 is 1.33 bits per heavy atom. The second-order valence-electron chi connectivity index (χ2n) is 6.22. The number of alkyl halides is 3. The fourth-order valence-corrected chi connectivity index (χ4v) is 2.55. The van der Waals surface area contributed by atoms with Gasteiger partial charge in [0.15, 0.2) is 0 Å². The fourth-order valence-electron chi connectivity index (χ4n) is 2.55. The smallest absolute Gasteiger partial charge is 0.426 e. The van der Waals surface area contributed by atoms with Crippen molar-refractivity contribution in [1.82, 2.24) is 10.3 Å².